The minimum atomic E-state index is -3.14. The molecule has 0 atom stereocenters. The largest absolute Gasteiger partial charge is 0.357 e. The maximum Gasteiger partial charge on any atom is 0.191 e. The van der Waals surface area contributed by atoms with Crippen molar-refractivity contribution in [2.75, 3.05) is 19.3 Å². The standard InChI is InChI=1S/C16H27N3O2S.HI/c1-4-6-7-12-18-16(17-5-2)19-13-14-8-10-15(11-9-14)22(3,20)21;/h8-11H,4-7,12-13H2,1-3H3,(H2,17,18,19);1H. The van der Waals surface area contributed by atoms with Crippen molar-refractivity contribution in [1.29, 1.82) is 0 Å². The number of nitrogens with one attached hydrogen (secondary N) is 2. The summed E-state index contributed by atoms with van der Waals surface area (Å²) in [4.78, 5) is 4.86. The molecule has 0 aliphatic carbocycles. The molecule has 0 saturated carbocycles. The minimum absolute atomic E-state index is 0. The number of aliphatic imine (C=N–C) groups is 1. The zero-order chi connectivity index (χ0) is 16.4. The average Bonchev–Trinajstić information content (AvgIpc) is 2.48. The summed E-state index contributed by atoms with van der Waals surface area (Å²) in [7, 11) is -3.14. The number of rotatable bonds is 8. The zero-order valence-electron chi connectivity index (χ0n) is 14.1. The third kappa shape index (κ3) is 9.14. The van der Waals surface area contributed by atoms with Gasteiger partial charge in [0.1, 0.15) is 0 Å². The lowest BCUT2D eigenvalue weighted by Crippen LogP contribution is -2.37. The van der Waals surface area contributed by atoms with Gasteiger partial charge >= 0.3 is 0 Å². The van der Waals surface area contributed by atoms with Crippen molar-refractivity contribution in [3.05, 3.63) is 29.8 Å². The molecule has 1 aromatic rings. The predicted molar refractivity (Wildman–Crippen MR) is 107 cm³/mol. The van der Waals surface area contributed by atoms with Crippen molar-refractivity contribution in [2.24, 2.45) is 4.99 Å². The first-order chi connectivity index (χ1) is 10.5. The SMILES string of the molecule is CCCCCNC(=NCc1ccc(S(C)(=O)=O)cc1)NCC.I. The molecule has 0 saturated heterocycles. The lowest BCUT2D eigenvalue weighted by atomic mass is 10.2. The highest BCUT2D eigenvalue weighted by molar-refractivity contribution is 14.0. The van der Waals surface area contributed by atoms with Gasteiger partial charge in [-0.3, -0.25) is 0 Å². The summed E-state index contributed by atoms with van der Waals surface area (Å²) in [6.45, 7) is 6.45. The molecule has 132 valence electrons. The second kappa shape index (κ2) is 11.7. The Morgan fingerprint density at radius 1 is 1.09 bits per heavy atom. The minimum Gasteiger partial charge on any atom is -0.357 e. The van der Waals surface area contributed by atoms with Gasteiger partial charge in [-0.15, -0.1) is 24.0 Å². The van der Waals surface area contributed by atoms with E-state index in [4.69, 9.17) is 0 Å². The molecule has 0 unspecified atom stereocenters. The van der Waals surface area contributed by atoms with Crippen LogP contribution < -0.4 is 10.6 Å². The van der Waals surface area contributed by atoms with Crippen LogP contribution in [0.1, 0.15) is 38.7 Å². The monoisotopic (exact) mass is 453 g/mol. The van der Waals surface area contributed by atoms with Crippen molar-refractivity contribution >= 4 is 39.8 Å². The highest BCUT2D eigenvalue weighted by Gasteiger charge is 2.06. The third-order valence-electron chi connectivity index (χ3n) is 3.19. The van der Waals surface area contributed by atoms with Crippen LogP contribution in [0.4, 0.5) is 0 Å². The summed E-state index contributed by atoms with van der Waals surface area (Å²) < 4.78 is 22.8. The smallest absolute Gasteiger partial charge is 0.191 e. The van der Waals surface area contributed by atoms with Gasteiger partial charge in [0.25, 0.3) is 0 Å². The lowest BCUT2D eigenvalue weighted by Gasteiger charge is -2.11. The fourth-order valence-corrected chi connectivity index (χ4v) is 2.57. The van der Waals surface area contributed by atoms with Crippen LogP contribution >= 0.6 is 24.0 Å². The number of sulfone groups is 1. The Bertz CT molecular complexity index is 571. The van der Waals surface area contributed by atoms with Crippen LogP contribution in [-0.4, -0.2) is 33.7 Å². The van der Waals surface area contributed by atoms with Gasteiger partial charge < -0.3 is 10.6 Å². The second-order valence-electron chi connectivity index (χ2n) is 5.25. The van der Waals surface area contributed by atoms with Crippen molar-refractivity contribution in [1.82, 2.24) is 10.6 Å². The van der Waals surface area contributed by atoms with Crippen molar-refractivity contribution < 1.29 is 8.42 Å². The summed E-state index contributed by atoms with van der Waals surface area (Å²) in [5, 5.41) is 6.51. The maximum absolute atomic E-state index is 11.4. The molecule has 0 radical (unpaired) electrons. The first-order valence-corrected chi connectivity index (χ1v) is 9.67. The Balaban J connectivity index is 0.00000484. The number of guanidine groups is 1. The Hall–Kier alpha value is -0.830. The molecule has 2 N–H and O–H groups in total. The Labute approximate surface area is 157 Å². The first kappa shape index (κ1) is 22.2. The molecule has 1 aromatic carbocycles. The Morgan fingerprint density at radius 2 is 1.74 bits per heavy atom. The third-order valence-corrected chi connectivity index (χ3v) is 4.32. The van der Waals surface area contributed by atoms with E-state index in [2.05, 4.69) is 22.5 Å². The molecule has 5 nitrogen and oxygen atoms in total. The van der Waals surface area contributed by atoms with Gasteiger partial charge in [0.2, 0.25) is 0 Å². The van der Waals surface area contributed by atoms with Crippen LogP contribution in [0.5, 0.6) is 0 Å². The molecule has 0 heterocycles. The Kier molecular flexibility index (Phi) is 11.2. The Morgan fingerprint density at radius 3 is 2.26 bits per heavy atom. The summed E-state index contributed by atoms with van der Waals surface area (Å²) in [5.41, 5.74) is 0.984. The molecule has 23 heavy (non-hydrogen) atoms. The molecule has 0 aliphatic rings. The fourth-order valence-electron chi connectivity index (χ4n) is 1.94. The van der Waals surface area contributed by atoms with Gasteiger partial charge in [0.05, 0.1) is 11.4 Å². The zero-order valence-corrected chi connectivity index (χ0v) is 17.3. The fraction of sp³-hybridized carbons (Fsp3) is 0.562. The van der Waals surface area contributed by atoms with E-state index < -0.39 is 9.84 Å². The predicted octanol–water partition coefficient (Wildman–Crippen LogP) is 2.95. The van der Waals surface area contributed by atoms with E-state index in [0.717, 1.165) is 31.0 Å². The van der Waals surface area contributed by atoms with Crippen molar-refractivity contribution in [2.45, 2.75) is 44.6 Å². The first-order valence-electron chi connectivity index (χ1n) is 7.78. The van der Waals surface area contributed by atoms with Gasteiger partial charge in [-0.2, -0.15) is 0 Å². The number of nitrogens with zero attached hydrogens (tertiary/aromatic N) is 1. The second-order valence-corrected chi connectivity index (χ2v) is 7.26. The van der Waals surface area contributed by atoms with Crippen molar-refractivity contribution in [3.8, 4) is 0 Å². The topological polar surface area (TPSA) is 70.6 Å². The van der Waals surface area contributed by atoms with Crippen LogP contribution in [-0.2, 0) is 16.4 Å². The molecule has 1 rings (SSSR count). The van der Waals surface area contributed by atoms with Crippen LogP contribution in [0.15, 0.2) is 34.2 Å². The van der Waals surface area contributed by atoms with E-state index in [1.807, 2.05) is 6.92 Å². The maximum atomic E-state index is 11.4. The van der Waals surface area contributed by atoms with Crippen molar-refractivity contribution in [3.63, 3.8) is 0 Å². The van der Waals surface area contributed by atoms with Crippen LogP contribution in [0.2, 0.25) is 0 Å². The molecular weight excluding hydrogens is 425 g/mol. The summed E-state index contributed by atoms with van der Waals surface area (Å²) in [6, 6.07) is 6.87. The molecule has 0 aromatic heterocycles. The number of unbranched alkanes of at least 4 members (excludes halogenated alkanes) is 2. The van der Waals surface area contributed by atoms with Gasteiger partial charge in [0, 0.05) is 19.3 Å². The lowest BCUT2D eigenvalue weighted by molar-refractivity contribution is 0.602. The van der Waals surface area contributed by atoms with Gasteiger partial charge in [0.15, 0.2) is 15.8 Å². The number of hydrogen-bond donors (Lipinski definition) is 2. The van der Waals surface area contributed by atoms with E-state index in [0.29, 0.717) is 11.4 Å². The number of halogens is 1. The van der Waals surface area contributed by atoms with Crippen LogP contribution in [0.25, 0.3) is 0 Å². The summed E-state index contributed by atoms with van der Waals surface area (Å²) in [6.07, 6.45) is 4.75. The molecule has 0 amide bonds. The highest BCUT2D eigenvalue weighted by atomic mass is 127. The summed E-state index contributed by atoms with van der Waals surface area (Å²) in [5.74, 6) is 0.797. The summed E-state index contributed by atoms with van der Waals surface area (Å²) >= 11 is 0. The van der Waals surface area contributed by atoms with E-state index in [9.17, 15) is 8.42 Å². The molecule has 7 heteroatoms. The van der Waals surface area contributed by atoms with E-state index in [1.54, 1.807) is 24.3 Å². The van der Waals surface area contributed by atoms with E-state index in [1.165, 1.54) is 19.1 Å². The van der Waals surface area contributed by atoms with Gasteiger partial charge in [-0.25, -0.2) is 13.4 Å². The molecule has 0 fully saturated rings. The highest BCUT2D eigenvalue weighted by Crippen LogP contribution is 2.10. The molecule has 0 aliphatic heterocycles. The van der Waals surface area contributed by atoms with E-state index >= 15 is 0 Å². The van der Waals surface area contributed by atoms with Gasteiger partial charge in [-0.05, 0) is 31.0 Å². The quantitative estimate of drug-likeness (QED) is 0.275. The number of hydrogen-bond acceptors (Lipinski definition) is 3. The molecular formula is C16H28IN3O2S. The molecule has 0 spiro atoms. The normalized spacial score (nSPS) is 11.7. The van der Waals surface area contributed by atoms with E-state index in [-0.39, 0.29) is 24.0 Å². The van der Waals surface area contributed by atoms with Gasteiger partial charge in [-0.1, -0.05) is 31.9 Å². The average molecular weight is 453 g/mol. The van der Waals surface area contributed by atoms with Crippen LogP contribution in [0.3, 0.4) is 0 Å². The van der Waals surface area contributed by atoms with Crippen LogP contribution in [0, 0.1) is 0 Å². The number of benzene rings is 1. The molecule has 0 bridgehead atoms.